The zero-order valence-electron chi connectivity index (χ0n) is 23.3. The molecule has 0 unspecified atom stereocenters. The monoisotopic (exact) mass is 577 g/mol. The largest absolute Gasteiger partial charge is 0.493 e. The zero-order valence-corrected chi connectivity index (χ0v) is 24.1. The minimum Gasteiger partial charge on any atom is -0.493 e. The fourth-order valence-electron chi connectivity index (χ4n) is 4.59. The van der Waals surface area contributed by atoms with Crippen molar-refractivity contribution in [1.29, 1.82) is 0 Å². The van der Waals surface area contributed by atoms with Crippen molar-refractivity contribution in [2.75, 3.05) is 6.61 Å². The molecule has 0 spiro atoms. The molecule has 6 rings (SSSR count). The van der Waals surface area contributed by atoms with Crippen LogP contribution in [-0.4, -0.2) is 37.0 Å². The average molecular weight is 578 g/mol. The number of carbonyl (C=O) groups is 1. The predicted octanol–water partition coefficient (Wildman–Crippen LogP) is 5.24. The topological polar surface area (TPSA) is 101 Å². The second kappa shape index (κ2) is 11.4. The molecule has 6 aromatic rings. The number of rotatable bonds is 8. The summed E-state index contributed by atoms with van der Waals surface area (Å²) < 4.78 is 14.7. The smallest absolute Gasteiger partial charge is 0.308 e. The van der Waals surface area contributed by atoms with Gasteiger partial charge in [0, 0.05) is 24.2 Å². The van der Waals surface area contributed by atoms with E-state index < -0.39 is 5.97 Å². The first-order valence-corrected chi connectivity index (χ1v) is 14.3. The highest BCUT2D eigenvalue weighted by atomic mass is 32.1. The molecule has 0 aliphatic rings. The van der Waals surface area contributed by atoms with Gasteiger partial charge in [-0.15, -0.1) is 5.10 Å². The summed E-state index contributed by atoms with van der Waals surface area (Å²) in [6, 6.07) is 22.8. The lowest BCUT2D eigenvalue weighted by Gasteiger charge is -2.09. The zero-order chi connectivity index (χ0) is 29.2. The summed E-state index contributed by atoms with van der Waals surface area (Å²) in [7, 11) is 0. The number of thiazole rings is 1. The van der Waals surface area contributed by atoms with Crippen molar-refractivity contribution >= 4 is 28.3 Å². The van der Waals surface area contributed by atoms with Gasteiger partial charge < -0.3 is 9.47 Å². The quantitative estimate of drug-likeness (QED) is 0.180. The van der Waals surface area contributed by atoms with Crippen molar-refractivity contribution in [3.8, 4) is 39.8 Å². The van der Waals surface area contributed by atoms with E-state index >= 15 is 0 Å². The number of aromatic nitrogens is 5. The number of hydrogen-bond donors (Lipinski definition) is 0. The van der Waals surface area contributed by atoms with Crippen LogP contribution in [0.25, 0.3) is 39.4 Å². The first-order valence-electron chi connectivity index (χ1n) is 13.5. The fraction of sp³-hybridized carbons (Fsp3) is 0.156. The van der Waals surface area contributed by atoms with Crippen molar-refractivity contribution < 1.29 is 14.3 Å². The Labute approximate surface area is 245 Å². The molecule has 42 heavy (non-hydrogen) atoms. The Balaban J connectivity index is 1.44. The predicted molar refractivity (Wildman–Crippen MR) is 162 cm³/mol. The normalized spacial score (nSPS) is 11.7. The molecule has 0 N–H and O–H groups in total. The van der Waals surface area contributed by atoms with E-state index in [9.17, 15) is 9.59 Å². The number of nitrogens with zero attached hydrogens (tertiary/aromatic N) is 5. The molecule has 210 valence electrons. The van der Waals surface area contributed by atoms with Crippen LogP contribution in [0.5, 0.6) is 11.5 Å². The molecule has 0 bridgehead atoms. The first-order chi connectivity index (χ1) is 20.4. The molecule has 0 fully saturated rings. The molecule has 0 aliphatic carbocycles. The Hall–Kier alpha value is -5.09. The standard InChI is InChI=1S/C32H27N5O4S/c1-4-16-40-26-15-14-22(17-20(26)2)29-23(19-36(34-29)24-10-6-5-7-11-24)18-28-31(39)37-32(42-28)33-30(35-37)25-12-8-9-13-27(25)41-21(3)38/h5-15,17-19H,4,16H2,1-3H3/b28-18-. The third kappa shape index (κ3) is 5.31. The van der Waals surface area contributed by atoms with E-state index in [1.165, 1.54) is 22.8 Å². The van der Waals surface area contributed by atoms with E-state index in [0.717, 1.165) is 40.2 Å². The van der Waals surface area contributed by atoms with Crippen LogP contribution < -0.4 is 19.6 Å². The van der Waals surface area contributed by atoms with Gasteiger partial charge in [0.2, 0.25) is 4.96 Å². The maximum absolute atomic E-state index is 13.5. The van der Waals surface area contributed by atoms with Crippen LogP contribution in [0.3, 0.4) is 0 Å². The van der Waals surface area contributed by atoms with Gasteiger partial charge in [-0.3, -0.25) is 9.59 Å². The number of ether oxygens (including phenoxy) is 2. The summed E-state index contributed by atoms with van der Waals surface area (Å²) >= 11 is 1.23. The molecular formula is C32H27N5O4S. The first kappa shape index (κ1) is 27.1. The third-order valence-electron chi connectivity index (χ3n) is 6.52. The number of benzene rings is 3. The summed E-state index contributed by atoms with van der Waals surface area (Å²) in [6.45, 7) is 6.07. The second-order valence-electron chi connectivity index (χ2n) is 9.68. The Kier molecular flexibility index (Phi) is 7.37. The van der Waals surface area contributed by atoms with Crippen molar-refractivity contribution in [3.05, 3.63) is 105 Å². The van der Waals surface area contributed by atoms with Gasteiger partial charge >= 0.3 is 5.97 Å². The maximum Gasteiger partial charge on any atom is 0.308 e. The second-order valence-corrected chi connectivity index (χ2v) is 10.7. The number of esters is 1. The van der Waals surface area contributed by atoms with Crippen LogP contribution in [0, 0.1) is 6.92 Å². The highest BCUT2D eigenvalue weighted by molar-refractivity contribution is 7.15. The van der Waals surface area contributed by atoms with Gasteiger partial charge in [0.05, 0.1) is 22.4 Å². The van der Waals surface area contributed by atoms with Gasteiger partial charge in [-0.25, -0.2) is 4.68 Å². The molecule has 10 heteroatoms. The Morgan fingerprint density at radius 2 is 1.79 bits per heavy atom. The summed E-state index contributed by atoms with van der Waals surface area (Å²) in [4.78, 5) is 30.0. The highest BCUT2D eigenvalue weighted by Crippen LogP contribution is 2.30. The van der Waals surface area contributed by atoms with Crippen LogP contribution in [0.2, 0.25) is 0 Å². The molecule has 0 atom stereocenters. The Morgan fingerprint density at radius 1 is 1.00 bits per heavy atom. The molecule has 3 aromatic heterocycles. The van der Waals surface area contributed by atoms with Gasteiger partial charge in [0.1, 0.15) is 17.2 Å². The minimum atomic E-state index is -0.449. The van der Waals surface area contributed by atoms with Crippen LogP contribution in [0.4, 0.5) is 0 Å². The number of fused-ring (bicyclic) bond motifs is 1. The maximum atomic E-state index is 13.5. The summed E-state index contributed by atoms with van der Waals surface area (Å²) in [5.74, 6) is 1.03. The minimum absolute atomic E-state index is 0.295. The number of hydrogen-bond acceptors (Lipinski definition) is 8. The SMILES string of the molecule is CCCOc1ccc(-c2nn(-c3ccccc3)cc2/C=c2\sc3nc(-c4ccccc4OC(C)=O)nn3c2=O)cc1C. The van der Waals surface area contributed by atoms with Gasteiger partial charge in [-0.2, -0.15) is 14.6 Å². The third-order valence-corrected chi connectivity index (χ3v) is 7.48. The van der Waals surface area contributed by atoms with Crippen LogP contribution in [-0.2, 0) is 4.79 Å². The van der Waals surface area contributed by atoms with Crippen molar-refractivity contribution in [2.24, 2.45) is 0 Å². The average Bonchev–Trinajstić information content (AvgIpc) is 3.68. The Bertz CT molecular complexity index is 2030. The molecule has 0 aliphatic heterocycles. The fourth-order valence-corrected chi connectivity index (χ4v) is 5.48. The number of para-hydroxylation sites is 2. The lowest BCUT2D eigenvalue weighted by Crippen LogP contribution is -2.23. The summed E-state index contributed by atoms with van der Waals surface area (Å²) in [6.07, 6.45) is 4.67. The van der Waals surface area contributed by atoms with Crippen molar-refractivity contribution in [2.45, 2.75) is 27.2 Å². The summed E-state index contributed by atoms with van der Waals surface area (Å²) in [5.41, 5.74) is 4.57. The van der Waals surface area contributed by atoms with E-state index in [-0.39, 0.29) is 5.56 Å². The van der Waals surface area contributed by atoms with Gasteiger partial charge in [0.15, 0.2) is 5.82 Å². The lowest BCUT2D eigenvalue weighted by molar-refractivity contribution is -0.131. The Morgan fingerprint density at radius 3 is 2.52 bits per heavy atom. The van der Waals surface area contributed by atoms with E-state index in [0.29, 0.717) is 33.2 Å². The summed E-state index contributed by atoms with van der Waals surface area (Å²) in [5, 5.41) is 9.36. The van der Waals surface area contributed by atoms with E-state index in [4.69, 9.17) is 14.6 Å². The number of carbonyl (C=O) groups excluding carboxylic acids is 1. The van der Waals surface area contributed by atoms with Gasteiger partial charge in [-0.1, -0.05) is 48.6 Å². The molecule has 0 radical (unpaired) electrons. The number of aryl methyl sites for hydroxylation is 1. The molecule has 0 saturated heterocycles. The van der Waals surface area contributed by atoms with E-state index in [1.54, 1.807) is 24.3 Å². The van der Waals surface area contributed by atoms with E-state index in [2.05, 4.69) is 17.0 Å². The van der Waals surface area contributed by atoms with Gasteiger partial charge in [-0.05, 0) is 67.4 Å². The molecule has 0 amide bonds. The molecule has 9 nitrogen and oxygen atoms in total. The van der Waals surface area contributed by atoms with E-state index in [1.807, 2.05) is 72.4 Å². The van der Waals surface area contributed by atoms with Crippen molar-refractivity contribution in [1.82, 2.24) is 24.4 Å². The van der Waals surface area contributed by atoms with Crippen LogP contribution in [0.15, 0.2) is 83.8 Å². The molecule has 0 saturated carbocycles. The van der Waals surface area contributed by atoms with Gasteiger partial charge in [0.25, 0.3) is 5.56 Å². The lowest BCUT2D eigenvalue weighted by atomic mass is 10.0. The van der Waals surface area contributed by atoms with Crippen LogP contribution >= 0.6 is 11.3 Å². The molecule has 3 aromatic carbocycles. The molecule has 3 heterocycles. The van der Waals surface area contributed by atoms with Crippen molar-refractivity contribution in [3.63, 3.8) is 0 Å². The highest BCUT2D eigenvalue weighted by Gasteiger charge is 2.18. The van der Waals surface area contributed by atoms with Crippen LogP contribution in [0.1, 0.15) is 31.4 Å². The molecular weight excluding hydrogens is 550 g/mol.